The molecule has 0 bridgehead atoms. The van der Waals surface area contributed by atoms with Crippen LogP contribution in [-0.4, -0.2) is 22.3 Å². The van der Waals surface area contributed by atoms with Crippen LogP contribution in [0.4, 0.5) is 0 Å². The van der Waals surface area contributed by atoms with Crippen LogP contribution in [0.3, 0.4) is 0 Å². The summed E-state index contributed by atoms with van der Waals surface area (Å²) >= 11 is 1.80. The van der Waals surface area contributed by atoms with Crippen LogP contribution in [0, 0.1) is 0 Å². The van der Waals surface area contributed by atoms with Crippen molar-refractivity contribution in [1.82, 2.24) is 9.97 Å². The molecule has 0 aliphatic carbocycles. The van der Waals surface area contributed by atoms with Crippen molar-refractivity contribution in [2.45, 2.75) is 50.6 Å². The molecule has 0 saturated carbocycles. The van der Waals surface area contributed by atoms with Gasteiger partial charge >= 0.3 is 0 Å². The van der Waals surface area contributed by atoms with Crippen molar-refractivity contribution in [3.63, 3.8) is 0 Å². The molecule has 0 atom stereocenters. The lowest BCUT2D eigenvalue weighted by molar-refractivity contribution is 0.306. The smallest absolute Gasteiger partial charge is 0.166 e. The van der Waals surface area contributed by atoms with Crippen molar-refractivity contribution >= 4 is 11.8 Å². The van der Waals surface area contributed by atoms with Gasteiger partial charge in [0, 0.05) is 16.9 Å². The van der Waals surface area contributed by atoms with Crippen molar-refractivity contribution in [2.24, 2.45) is 0 Å². The summed E-state index contributed by atoms with van der Waals surface area (Å²) < 4.78 is 5.93. The molecule has 0 radical (unpaired) electrons. The molecular weight excluding hydrogens is 436 g/mol. The first-order chi connectivity index (χ1) is 16.5. The van der Waals surface area contributed by atoms with Crippen molar-refractivity contribution in [3.8, 4) is 28.3 Å². The van der Waals surface area contributed by atoms with Crippen LogP contribution in [0.1, 0.15) is 45.6 Å². The highest BCUT2D eigenvalue weighted by Crippen LogP contribution is 2.33. The van der Waals surface area contributed by atoms with Crippen molar-refractivity contribution < 1.29 is 4.74 Å². The Morgan fingerprint density at radius 1 is 0.765 bits per heavy atom. The van der Waals surface area contributed by atoms with Crippen molar-refractivity contribution in [3.05, 3.63) is 90.5 Å². The van der Waals surface area contributed by atoms with Gasteiger partial charge in [-0.15, -0.1) is 0 Å². The second-order valence-electron chi connectivity index (χ2n) is 9.53. The zero-order chi connectivity index (χ0) is 23.8. The maximum Gasteiger partial charge on any atom is 0.166 e. The third kappa shape index (κ3) is 6.54. The van der Waals surface area contributed by atoms with Gasteiger partial charge in [0.1, 0.15) is 5.75 Å². The number of nitrogens with zero attached hydrogens (tertiary/aromatic N) is 1. The van der Waals surface area contributed by atoms with E-state index < -0.39 is 0 Å². The summed E-state index contributed by atoms with van der Waals surface area (Å²) in [5.41, 5.74) is 5.90. The van der Waals surface area contributed by atoms with E-state index in [4.69, 9.17) is 9.72 Å². The number of benzene rings is 3. The van der Waals surface area contributed by atoms with Gasteiger partial charge in [-0.3, -0.25) is 0 Å². The van der Waals surface area contributed by atoms with E-state index in [0.29, 0.717) is 0 Å². The number of thioether (sulfide) groups is 1. The van der Waals surface area contributed by atoms with Crippen LogP contribution in [-0.2, 0) is 5.41 Å². The van der Waals surface area contributed by atoms with Crippen LogP contribution in [0.5, 0.6) is 5.75 Å². The largest absolute Gasteiger partial charge is 0.494 e. The Hall–Kier alpha value is -2.98. The Kier molecular flexibility index (Phi) is 8.12. The molecule has 1 heterocycles. The molecule has 0 fully saturated rings. The average molecular weight is 471 g/mol. The van der Waals surface area contributed by atoms with E-state index in [1.54, 1.807) is 11.8 Å². The fourth-order valence-corrected chi connectivity index (χ4v) is 4.70. The van der Waals surface area contributed by atoms with Gasteiger partial charge in [0.15, 0.2) is 5.16 Å². The minimum atomic E-state index is 0.175. The maximum atomic E-state index is 5.93. The first-order valence-corrected chi connectivity index (χ1v) is 13.1. The maximum absolute atomic E-state index is 5.93. The number of hydrogen-bond acceptors (Lipinski definition) is 3. The Morgan fingerprint density at radius 3 is 2.06 bits per heavy atom. The number of nitrogens with one attached hydrogen (secondary N) is 1. The first kappa shape index (κ1) is 24.2. The van der Waals surface area contributed by atoms with Gasteiger partial charge < -0.3 is 9.72 Å². The Morgan fingerprint density at radius 2 is 1.41 bits per heavy atom. The summed E-state index contributed by atoms with van der Waals surface area (Å²) in [6.07, 6.45) is 3.34. The highest BCUT2D eigenvalue weighted by Gasteiger charge is 2.14. The average Bonchev–Trinajstić information content (AvgIpc) is 3.28. The van der Waals surface area contributed by atoms with Crippen LogP contribution >= 0.6 is 11.8 Å². The number of rotatable bonds is 10. The number of aromatic nitrogens is 2. The molecule has 0 amide bonds. The molecule has 0 saturated heterocycles. The second kappa shape index (κ2) is 11.4. The second-order valence-corrected chi connectivity index (χ2v) is 10.6. The van der Waals surface area contributed by atoms with Gasteiger partial charge in [-0.25, -0.2) is 4.98 Å². The van der Waals surface area contributed by atoms with Crippen LogP contribution in [0.25, 0.3) is 22.5 Å². The van der Waals surface area contributed by atoms with E-state index in [1.807, 2.05) is 12.1 Å². The predicted molar refractivity (Wildman–Crippen MR) is 145 cm³/mol. The minimum absolute atomic E-state index is 0.175. The number of aromatic amines is 1. The number of imidazole rings is 1. The summed E-state index contributed by atoms with van der Waals surface area (Å²) in [6.45, 7) is 7.45. The third-order valence-electron chi connectivity index (χ3n) is 5.81. The van der Waals surface area contributed by atoms with Gasteiger partial charge in [0.05, 0.1) is 18.0 Å². The third-order valence-corrected chi connectivity index (χ3v) is 6.77. The van der Waals surface area contributed by atoms with Crippen molar-refractivity contribution in [2.75, 3.05) is 12.4 Å². The van der Waals surface area contributed by atoms with Gasteiger partial charge in [-0.1, -0.05) is 105 Å². The van der Waals surface area contributed by atoms with Crippen LogP contribution in [0.2, 0.25) is 0 Å². The topological polar surface area (TPSA) is 37.9 Å². The van der Waals surface area contributed by atoms with Gasteiger partial charge in [0.2, 0.25) is 0 Å². The molecule has 0 aliphatic rings. The molecule has 4 aromatic rings. The highest BCUT2D eigenvalue weighted by molar-refractivity contribution is 7.99. The number of H-pyrrole nitrogens is 1. The molecule has 1 aromatic heterocycles. The molecule has 3 aromatic carbocycles. The van der Waals surface area contributed by atoms with E-state index in [-0.39, 0.29) is 5.41 Å². The molecule has 176 valence electrons. The molecule has 4 rings (SSSR count). The van der Waals surface area contributed by atoms with Crippen LogP contribution in [0.15, 0.2) is 90.1 Å². The zero-order valence-electron chi connectivity index (χ0n) is 20.4. The SMILES string of the molecule is CC(C)(C)c1ccc(OCCCCCSc2nc(-c3ccccc3)c(-c3ccccc3)[nH]2)cc1. The van der Waals surface area contributed by atoms with E-state index in [2.05, 4.69) is 98.6 Å². The van der Waals surface area contributed by atoms with Crippen molar-refractivity contribution in [1.29, 1.82) is 0 Å². The summed E-state index contributed by atoms with van der Waals surface area (Å²) in [6, 6.07) is 29.4. The van der Waals surface area contributed by atoms with Gasteiger partial charge in [-0.2, -0.15) is 0 Å². The molecule has 1 N–H and O–H groups in total. The summed E-state index contributed by atoms with van der Waals surface area (Å²) in [5.74, 6) is 2.00. The Labute approximate surface area is 208 Å². The molecule has 0 spiro atoms. The lowest BCUT2D eigenvalue weighted by atomic mass is 9.87. The first-order valence-electron chi connectivity index (χ1n) is 12.1. The van der Waals surface area contributed by atoms with Crippen LogP contribution < -0.4 is 4.74 Å². The van der Waals surface area contributed by atoms with E-state index in [0.717, 1.165) is 65.0 Å². The Balaban J connectivity index is 1.25. The zero-order valence-corrected chi connectivity index (χ0v) is 21.2. The molecule has 0 unspecified atom stereocenters. The lowest BCUT2D eigenvalue weighted by Crippen LogP contribution is -2.10. The number of unbranched alkanes of at least 4 members (excludes halogenated alkanes) is 2. The van der Waals surface area contributed by atoms with E-state index in [9.17, 15) is 0 Å². The predicted octanol–water partition coefficient (Wildman–Crippen LogP) is 8.38. The molecule has 4 heteroatoms. The highest BCUT2D eigenvalue weighted by atomic mass is 32.2. The summed E-state index contributed by atoms with van der Waals surface area (Å²) in [7, 11) is 0. The lowest BCUT2D eigenvalue weighted by Gasteiger charge is -2.19. The summed E-state index contributed by atoms with van der Waals surface area (Å²) in [5, 5.41) is 0.980. The molecule has 3 nitrogen and oxygen atoms in total. The minimum Gasteiger partial charge on any atom is -0.494 e. The standard InChI is InChI=1S/C30H34N2OS/c1-30(2,3)25-17-19-26(20-18-25)33-21-11-6-12-22-34-29-31-27(23-13-7-4-8-14-23)28(32-29)24-15-9-5-10-16-24/h4-5,7-10,13-20H,6,11-12,21-22H2,1-3H3,(H,31,32). The Bertz CT molecular complexity index is 1090. The van der Waals surface area contributed by atoms with Gasteiger partial charge in [0.25, 0.3) is 0 Å². The number of hydrogen-bond donors (Lipinski definition) is 1. The normalized spacial score (nSPS) is 11.5. The molecule has 34 heavy (non-hydrogen) atoms. The van der Waals surface area contributed by atoms with E-state index >= 15 is 0 Å². The van der Waals surface area contributed by atoms with Gasteiger partial charge in [-0.05, 0) is 42.4 Å². The fourth-order valence-electron chi connectivity index (χ4n) is 3.83. The quantitative estimate of drug-likeness (QED) is 0.187. The fraction of sp³-hybridized carbons (Fsp3) is 0.300. The number of ether oxygens (including phenoxy) is 1. The molecule has 0 aliphatic heterocycles. The van der Waals surface area contributed by atoms with E-state index in [1.165, 1.54) is 5.56 Å². The molecular formula is C30H34N2OS. The summed E-state index contributed by atoms with van der Waals surface area (Å²) in [4.78, 5) is 8.50. The monoisotopic (exact) mass is 470 g/mol.